The van der Waals surface area contributed by atoms with Crippen molar-refractivity contribution in [3.63, 3.8) is 0 Å². The van der Waals surface area contributed by atoms with Gasteiger partial charge in [0.05, 0.1) is 7.11 Å². The Morgan fingerprint density at radius 3 is 2.79 bits per heavy atom. The van der Waals surface area contributed by atoms with Gasteiger partial charge < -0.3 is 10.5 Å². The molecule has 0 aromatic heterocycles. The summed E-state index contributed by atoms with van der Waals surface area (Å²) >= 11 is 0. The van der Waals surface area contributed by atoms with E-state index in [0.717, 1.165) is 18.4 Å². The average molecular weight is 197 g/mol. The Bertz CT molecular complexity index is 299. The first-order valence-electron chi connectivity index (χ1n) is 4.72. The molecule has 1 aromatic rings. The number of halogens is 1. The van der Waals surface area contributed by atoms with E-state index in [4.69, 9.17) is 10.5 Å². The minimum atomic E-state index is -0.310. The van der Waals surface area contributed by atoms with Crippen molar-refractivity contribution in [1.82, 2.24) is 0 Å². The van der Waals surface area contributed by atoms with E-state index >= 15 is 0 Å². The third-order valence-corrected chi connectivity index (χ3v) is 2.12. The molecule has 0 radical (unpaired) electrons. The van der Waals surface area contributed by atoms with E-state index in [9.17, 15) is 4.39 Å². The Kier molecular flexibility index (Phi) is 3.89. The first kappa shape index (κ1) is 11.0. The van der Waals surface area contributed by atoms with Gasteiger partial charge in [0.25, 0.3) is 0 Å². The van der Waals surface area contributed by atoms with Gasteiger partial charge in [-0.25, -0.2) is 4.39 Å². The summed E-state index contributed by atoms with van der Waals surface area (Å²) in [7, 11) is 1.48. The van der Waals surface area contributed by atoms with Crippen LogP contribution in [0.4, 0.5) is 4.39 Å². The van der Waals surface area contributed by atoms with Crippen molar-refractivity contribution in [3.05, 3.63) is 29.6 Å². The van der Waals surface area contributed by atoms with Crippen LogP contribution in [-0.2, 0) is 6.42 Å². The molecule has 1 unspecified atom stereocenters. The zero-order valence-electron chi connectivity index (χ0n) is 8.59. The number of aryl methyl sites for hydroxylation is 1. The minimum absolute atomic E-state index is 0.128. The molecule has 14 heavy (non-hydrogen) atoms. The molecular weight excluding hydrogens is 181 g/mol. The van der Waals surface area contributed by atoms with Crippen molar-refractivity contribution in [2.45, 2.75) is 25.8 Å². The summed E-state index contributed by atoms with van der Waals surface area (Å²) in [5, 5.41) is 0. The second kappa shape index (κ2) is 4.96. The molecule has 0 aliphatic heterocycles. The monoisotopic (exact) mass is 197 g/mol. The van der Waals surface area contributed by atoms with E-state index in [1.807, 2.05) is 13.0 Å². The molecule has 0 bridgehead atoms. The second-order valence-electron chi connectivity index (χ2n) is 3.45. The fraction of sp³-hybridized carbons (Fsp3) is 0.455. The number of benzene rings is 1. The zero-order valence-corrected chi connectivity index (χ0v) is 8.59. The number of para-hydroxylation sites is 1. The number of nitrogens with two attached hydrogens (primary N) is 1. The molecule has 0 spiro atoms. The van der Waals surface area contributed by atoms with Crippen LogP contribution in [0.1, 0.15) is 18.9 Å². The highest BCUT2D eigenvalue weighted by molar-refractivity contribution is 5.34. The third kappa shape index (κ3) is 2.70. The van der Waals surface area contributed by atoms with Gasteiger partial charge in [-0.15, -0.1) is 0 Å². The topological polar surface area (TPSA) is 35.2 Å². The van der Waals surface area contributed by atoms with Gasteiger partial charge in [-0.2, -0.15) is 0 Å². The Labute approximate surface area is 83.9 Å². The summed E-state index contributed by atoms with van der Waals surface area (Å²) in [5.41, 5.74) is 6.51. The molecule has 3 heteroatoms. The van der Waals surface area contributed by atoms with Gasteiger partial charge in [-0.05, 0) is 31.4 Å². The predicted molar refractivity (Wildman–Crippen MR) is 54.9 cm³/mol. The average Bonchev–Trinajstić information content (AvgIpc) is 2.14. The Hall–Kier alpha value is -1.09. The maximum absolute atomic E-state index is 13.2. The van der Waals surface area contributed by atoms with Crippen LogP contribution in [0.2, 0.25) is 0 Å². The van der Waals surface area contributed by atoms with Crippen LogP contribution in [0.3, 0.4) is 0 Å². The van der Waals surface area contributed by atoms with Crippen LogP contribution in [0, 0.1) is 5.82 Å². The molecule has 2 N–H and O–H groups in total. The van der Waals surface area contributed by atoms with Crippen LogP contribution < -0.4 is 10.5 Å². The molecule has 0 aliphatic rings. The molecule has 0 aliphatic carbocycles. The summed E-state index contributed by atoms with van der Waals surface area (Å²) < 4.78 is 18.2. The van der Waals surface area contributed by atoms with Crippen LogP contribution in [-0.4, -0.2) is 13.2 Å². The quantitative estimate of drug-likeness (QED) is 0.802. The fourth-order valence-electron chi connectivity index (χ4n) is 1.36. The van der Waals surface area contributed by atoms with E-state index in [1.54, 1.807) is 6.07 Å². The van der Waals surface area contributed by atoms with Gasteiger partial charge in [0, 0.05) is 6.04 Å². The molecule has 1 rings (SSSR count). The summed E-state index contributed by atoms with van der Waals surface area (Å²) in [6.45, 7) is 1.94. The molecule has 0 fully saturated rings. The molecule has 0 amide bonds. The minimum Gasteiger partial charge on any atom is -0.493 e. The van der Waals surface area contributed by atoms with E-state index in [-0.39, 0.29) is 11.9 Å². The Morgan fingerprint density at radius 1 is 1.50 bits per heavy atom. The van der Waals surface area contributed by atoms with Gasteiger partial charge in [-0.3, -0.25) is 0 Å². The third-order valence-electron chi connectivity index (χ3n) is 2.12. The lowest BCUT2D eigenvalue weighted by Crippen LogP contribution is -2.15. The van der Waals surface area contributed by atoms with E-state index < -0.39 is 0 Å². The Morgan fingerprint density at radius 2 is 2.21 bits per heavy atom. The summed E-state index contributed by atoms with van der Waals surface area (Å²) in [6, 6.07) is 5.08. The number of methoxy groups -OCH3 is 1. The van der Waals surface area contributed by atoms with E-state index in [2.05, 4.69) is 0 Å². The summed E-state index contributed by atoms with van der Waals surface area (Å²) in [5.74, 6) is 0.0304. The number of rotatable bonds is 4. The molecule has 2 nitrogen and oxygen atoms in total. The molecule has 1 atom stereocenters. The lowest BCUT2D eigenvalue weighted by molar-refractivity contribution is 0.380. The van der Waals surface area contributed by atoms with Crippen molar-refractivity contribution >= 4 is 0 Å². The summed E-state index contributed by atoms with van der Waals surface area (Å²) in [4.78, 5) is 0. The highest BCUT2D eigenvalue weighted by Crippen LogP contribution is 2.23. The molecule has 0 saturated heterocycles. The van der Waals surface area contributed by atoms with Crippen LogP contribution in [0.15, 0.2) is 18.2 Å². The Balaban J connectivity index is 2.80. The van der Waals surface area contributed by atoms with Crippen molar-refractivity contribution in [3.8, 4) is 5.75 Å². The SMILES string of the molecule is COc1c(F)cccc1CCC(C)N. The molecule has 0 saturated carbocycles. The summed E-state index contributed by atoms with van der Waals surface area (Å²) in [6.07, 6.45) is 1.58. The van der Waals surface area contributed by atoms with Crippen LogP contribution >= 0.6 is 0 Å². The van der Waals surface area contributed by atoms with E-state index in [0.29, 0.717) is 5.75 Å². The number of hydrogen-bond acceptors (Lipinski definition) is 2. The van der Waals surface area contributed by atoms with Crippen LogP contribution in [0.25, 0.3) is 0 Å². The fourth-order valence-corrected chi connectivity index (χ4v) is 1.36. The van der Waals surface area contributed by atoms with Crippen molar-refractivity contribution < 1.29 is 9.13 Å². The highest BCUT2D eigenvalue weighted by Gasteiger charge is 2.08. The standard InChI is InChI=1S/C11H16FNO/c1-8(13)6-7-9-4-3-5-10(12)11(9)14-2/h3-5,8H,6-7,13H2,1-2H3. The van der Waals surface area contributed by atoms with Gasteiger partial charge in [0.2, 0.25) is 0 Å². The lowest BCUT2D eigenvalue weighted by atomic mass is 10.1. The van der Waals surface area contributed by atoms with Gasteiger partial charge >= 0.3 is 0 Å². The maximum atomic E-state index is 13.2. The predicted octanol–water partition coefficient (Wildman–Crippen LogP) is 2.11. The largest absolute Gasteiger partial charge is 0.493 e. The molecule has 78 valence electrons. The lowest BCUT2D eigenvalue weighted by Gasteiger charge is -2.10. The normalized spacial score (nSPS) is 12.6. The number of hydrogen-bond donors (Lipinski definition) is 1. The van der Waals surface area contributed by atoms with E-state index in [1.165, 1.54) is 13.2 Å². The number of ether oxygens (including phenoxy) is 1. The first-order chi connectivity index (χ1) is 6.65. The van der Waals surface area contributed by atoms with Gasteiger partial charge in [-0.1, -0.05) is 12.1 Å². The maximum Gasteiger partial charge on any atom is 0.165 e. The van der Waals surface area contributed by atoms with Crippen molar-refractivity contribution in [2.24, 2.45) is 5.73 Å². The smallest absolute Gasteiger partial charge is 0.165 e. The molecule has 0 heterocycles. The second-order valence-corrected chi connectivity index (χ2v) is 3.45. The highest BCUT2D eigenvalue weighted by atomic mass is 19.1. The molecule has 1 aromatic carbocycles. The first-order valence-corrected chi connectivity index (χ1v) is 4.72. The van der Waals surface area contributed by atoms with Gasteiger partial charge in [0.1, 0.15) is 0 Å². The van der Waals surface area contributed by atoms with Crippen molar-refractivity contribution in [1.29, 1.82) is 0 Å². The van der Waals surface area contributed by atoms with Crippen molar-refractivity contribution in [2.75, 3.05) is 7.11 Å². The van der Waals surface area contributed by atoms with Gasteiger partial charge in [0.15, 0.2) is 11.6 Å². The van der Waals surface area contributed by atoms with Crippen LogP contribution in [0.5, 0.6) is 5.75 Å². The zero-order chi connectivity index (χ0) is 10.6. The molecular formula is C11H16FNO.